The summed E-state index contributed by atoms with van der Waals surface area (Å²) in [5.41, 5.74) is 1.84. The lowest BCUT2D eigenvalue weighted by Crippen LogP contribution is -2.44. The normalized spacial score (nSPS) is 13.9. The fourth-order valence-corrected chi connectivity index (χ4v) is 4.46. The predicted octanol–water partition coefficient (Wildman–Crippen LogP) is 5.92. The number of hydrogen-bond donors (Lipinski definition) is 0. The largest absolute Gasteiger partial charge is 0.443 e. The number of aryl methyl sites for hydroxylation is 4. The molecule has 1 aliphatic carbocycles. The van der Waals surface area contributed by atoms with Crippen LogP contribution in [0.3, 0.4) is 0 Å². The molecule has 0 N–H and O–H groups in total. The summed E-state index contributed by atoms with van der Waals surface area (Å²) in [4.78, 5) is 43.6. The topological polar surface area (TPSA) is 104 Å². The number of carbonyl (C=O) groups excluding carboxylic acids is 3. The summed E-state index contributed by atoms with van der Waals surface area (Å²) in [5, 5.41) is 5.81. The Morgan fingerprint density at radius 1 is 1.03 bits per heavy atom. The maximum Gasteiger partial charge on any atom is 0.425 e. The second kappa shape index (κ2) is 11.0. The molecule has 0 saturated carbocycles. The van der Waals surface area contributed by atoms with Crippen molar-refractivity contribution in [2.24, 2.45) is 0 Å². The van der Waals surface area contributed by atoms with Crippen LogP contribution in [0.25, 0.3) is 10.9 Å². The summed E-state index contributed by atoms with van der Waals surface area (Å²) >= 11 is 0. The summed E-state index contributed by atoms with van der Waals surface area (Å²) in [7, 11) is 0. The van der Waals surface area contributed by atoms with Crippen molar-refractivity contribution in [1.29, 1.82) is 0 Å². The molecule has 1 aliphatic rings. The molecule has 2 aromatic heterocycles. The SMILES string of the molecule is CCCn1nc2c(N(C(=O)OC(C)(C)C)C(=O)OC(C)(C)C)nc3c(c2c1CCCC=O)CCCC3. The molecule has 0 spiro atoms. The maximum absolute atomic E-state index is 13.4. The standard InChI is InChI=1S/C27H40N4O5/c1-8-16-30-20(15-11-12-17-32)21-18-13-9-10-14-19(18)28-23(22(21)29-30)31(24(33)35-26(2,3)4)25(34)36-27(5,6)7/h17H,8-16H2,1-7H3. The summed E-state index contributed by atoms with van der Waals surface area (Å²) in [6.07, 6.45) is 5.54. The van der Waals surface area contributed by atoms with Crippen molar-refractivity contribution in [3.8, 4) is 0 Å². The minimum atomic E-state index is -0.853. The van der Waals surface area contributed by atoms with Crippen molar-refractivity contribution in [3.63, 3.8) is 0 Å². The van der Waals surface area contributed by atoms with Gasteiger partial charge in [-0.25, -0.2) is 14.6 Å². The van der Waals surface area contributed by atoms with Crippen LogP contribution in [0.15, 0.2) is 0 Å². The highest BCUT2D eigenvalue weighted by Crippen LogP contribution is 2.37. The number of amides is 2. The average molecular weight is 501 g/mol. The molecule has 9 heteroatoms. The smallest absolute Gasteiger partial charge is 0.425 e. The first kappa shape index (κ1) is 27.6. The van der Waals surface area contributed by atoms with Crippen molar-refractivity contribution in [2.75, 3.05) is 4.90 Å². The zero-order valence-electron chi connectivity index (χ0n) is 22.8. The van der Waals surface area contributed by atoms with E-state index in [0.29, 0.717) is 31.3 Å². The van der Waals surface area contributed by atoms with Gasteiger partial charge in [0.15, 0.2) is 5.82 Å². The van der Waals surface area contributed by atoms with Gasteiger partial charge in [0.1, 0.15) is 23.0 Å². The quantitative estimate of drug-likeness (QED) is 0.343. The number of anilines is 1. The molecule has 0 bridgehead atoms. The lowest BCUT2D eigenvalue weighted by molar-refractivity contribution is -0.107. The van der Waals surface area contributed by atoms with Crippen LogP contribution in [0.4, 0.5) is 15.4 Å². The van der Waals surface area contributed by atoms with Crippen LogP contribution in [-0.4, -0.2) is 44.4 Å². The summed E-state index contributed by atoms with van der Waals surface area (Å²) in [5.74, 6) is 0.139. The van der Waals surface area contributed by atoms with Gasteiger partial charge in [0.05, 0.1) is 0 Å². The Balaban J connectivity index is 2.29. The number of rotatable bonds is 7. The molecule has 0 fully saturated rings. The van der Waals surface area contributed by atoms with Crippen LogP contribution < -0.4 is 4.90 Å². The zero-order chi connectivity index (χ0) is 26.7. The molecule has 3 rings (SSSR count). The van der Waals surface area contributed by atoms with Crippen molar-refractivity contribution >= 4 is 35.2 Å². The van der Waals surface area contributed by atoms with Gasteiger partial charge in [-0.3, -0.25) is 4.68 Å². The van der Waals surface area contributed by atoms with Crippen LogP contribution >= 0.6 is 0 Å². The highest BCUT2D eigenvalue weighted by molar-refractivity contribution is 6.13. The molecule has 2 aromatic rings. The van der Waals surface area contributed by atoms with E-state index in [1.54, 1.807) is 41.5 Å². The van der Waals surface area contributed by atoms with Crippen LogP contribution in [-0.2, 0) is 40.1 Å². The number of imide groups is 1. The molecule has 9 nitrogen and oxygen atoms in total. The van der Waals surface area contributed by atoms with Gasteiger partial charge in [0.2, 0.25) is 0 Å². The minimum absolute atomic E-state index is 0.139. The van der Waals surface area contributed by atoms with Gasteiger partial charge in [-0.05, 0) is 92.1 Å². The summed E-state index contributed by atoms with van der Waals surface area (Å²) in [6, 6.07) is 0. The van der Waals surface area contributed by atoms with E-state index in [0.717, 1.165) is 65.6 Å². The number of ether oxygens (including phenoxy) is 2. The molecule has 2 heterocycles. The van der Waals surface area contributed by atoms with E-state index < -0.39 is 23.4 Å². The Labute approximate surface area is 213 Å². The van der Waals surface area contributed by atoms with E-state index in [4.69, 9.17) is 19.6 Å². The van der Waals surface area contributed by atoms with E-state index in [2.05, 4.69) is 6.92 Å². The number of nitrogens with zero attached hydrogens (tertiary/aromatic N) is 4. The fraction of sp³-hybridized carbons (Fsp3) is 0.667. The highest BCUT2D eigenvalue weighted by atomic mass is 16.6. The summed E-state index contributed by atoms with van der Waals surface area (Å²) in [6.45, 7) is 13.2. The number of fused-ring (bicyclic) bond motifs is 3. The van der Waals surface area contributed by atoms with E-state index in [1.165, 1.54) is 0 Å². The van der Waals surface area contributed by atoms with Crippen molar-refractivity contribution in [3.05, 3.63) is 17.0 Å². The molecular formula is C27H40N4O5. The second-order valence-electron chi connectivity index (χ2n) is 11.3. The minimum Gasteiger partial charge on any atom is -0.443 e. The number of carbonyl (C=O) groups is 3. The predicted molar refractivity (Wildman–Crippen MR) is 138 cm³/mol. The first-order valence-corrected chi connectivity index (χ1v) is 13.0. The lowest BCUT2D eigenvalue weighted by Gasteiger charge is -2.29. The molecule has 0 aliphatic heterocycles. The number of aromatic nitrogens is 3. The van der Waals surface area contributed by atoms with Crippen LogP contribution in [0, 0.1) is 0 Å². The fourth-order valence-electron chi connectivity index (χ4n) is 4.46. The average Bonchev–Trinajstić information content (AvgIpc) is 3.10. The first-order valence-electron chi connectivity index (χ1n) is 13.0. The molecular weight excluding hydrogens is 460 g/mol. The molecule has 198 valence electrons. The third kappa shape index (κ3) is 6.42. The van der Waals surface area contributed by atoms with E-state index in [1.807, 2.05) is 4.68 Å². The summed E-state index contributed by atoms with van der Waals surface area (Å²) < 4.78 is 13.2. The number of aldehydes is 1. The van der Waals surface area contributed by atoms with E-state index >= 15 is 0 Å². The van der Waals surface area contributed by atoms with Crippen molar-refractivity contribution in [1.82, 2.24) is 14.8 Å². The van der Waals surface area contributed by atoms with Gasteiger partial charge in [0, 0.05) is 29.7 Å². The Morgan fingerprint density at radius 2 is 1.64 bits per heavy atom. The molecule has 0 radical (unpaired) electrons. The third-order valence-electron chi connectivity index (χ3n) is 5.79. The number of unbranched alkanes of at least 4 members (excludes halogenated alkanes) is 1. The van der Waals surface area contributed by atoms with Crippen LogP contribution in [0.2, 0.25) is 0 Å². The molecule has 2 amide bonds. The Morgan fingerprint density at radius 3 is 2.19 bits per heavy atom. The van der Waals surface area contributed by atoms with Crippen LogP contribution in [0.5, 0.6) is 0 Å². The van der Waals surface area contributed by atoms with Crippen molar-refractivity contribution < 1.29 is 23.9 Å². The van der Waals surface area contributed by atoms with Gasteiger partial charge in [-0.1, -0.05) is 6.92 Å². The molecule has 0 unspecified atom stereocenters. The lowest BCUT2D eigenvalue weighted by atomic mass is 9.91. The molecule has 0 saturated heterocycles. The third-order valence-corrected chi connectivity index (χ3v) is 5.79. The van der Waals surface area contributed by atoms with Crippen LogP contribution in [0.1, 0.15) is 97.5 Å². The Bertz CT molecular complexity index is 1100. The zero-order valence-corrected chi connectivity index (χ0v) is 22.8. The number of hydrogen-bond acceptors (Lipinski definition) is 7. The van der Waals surface area contributed by atoms with E-state index in [-0.39, 0.29) is 5.82 Å². The van der Waals surface area contributed by atoms with Gasteiger partial charge in [-0.2, -0.15) is 10.00 Å². The maximum atomic E-state index is 13.4. The van der Waals surface area contributed by atoms with Gasteiger partial charge < -0.3 is 14.3 Å². The Kier molecular flexibility index (Phi) is 8.41. The van der Waals surface area contributed by atoms with E-state index in [9.17, 15) is 14.4 Å². The molecule has 0 aromatic carbocycles. The Hall–Kier alpha value is -2.97. The van der Waals surface area contributed by atoms with Gasteiger partial charge in [0.25, 0.3) is 0 Å². The molecule has 36 heavy (non-hydrogen) atoms. The monoisotopic (exact) mass is 500 g/mol. The van der Waals surface area contributed by atoms with Crippen molar-refractivity contribution in [2.45, 2.75) is 118 Å². The van der Waals surface area contributed by atoms with Gasteiger partial charge >= 0.3 is 12.2 Å². The van der Waals surface area contributed by atoms with Gasteiger partial charge in [-0.15, -0.1) is 0 Å². The number of pyridine rings is 1. The first-order chi connectivity index (χ1) is 16.9. The highest BCUT2D eigenvalue weighted by Gasteiger charge is 2.37. The molecule has 0 atom stereocenters. The second-order valence-corrected chi connectivity index (χ2v) is 11.3.